The largest absolute Gasteiger partial charge is 0.379 e. The predicted octanol–water partition coefficient (Wildman–Crippen LogP) is -0.593. The minimum Gasteiger partial charge on any atom is -0.379 e. The molecule has 4 saturated heterocycles. The zero-order valence-electron chi connectivity index (χ0n) is 29.7. The fourth-order valence-electron chi connectivity index (χ4n) is 7.04. The molecule has 0 unspecified atom stereocenters. The van der Waals surface area contributed by atoms with Gasteiger partial charge in [0.05, 0.1) is 49.5 Å². The first-order chi connectivity index (χ1) is 25.5. The lowest BCUT2D eigenvalue weighted by Gasteiger charge is -2.33. The van der Waals surface area contributed by atoms with Crippen molar-refractivity contribution in [3.63, 3.8) is 0 Å². The number of hydrogen-bond acceptors (Lipinski definition) is 14. The summed E-state index contributed by atoms with van der Waals surface area (Å²) in [6, 6.07) is 5.68. The summed E-state index contributed by atoms with van der Waals surface area (Å²) in [5.41, 5.74) is 1.53. The molecule has 1 aromatic rings. The number of pyridine rings is 1. The predicted molar refractivity (Wildman–Crippen MR) is 179 cm³/mol. The van der Waals surface area contributed by atoms with E-state index in [0.717, 1.165) is 11.4 Å². The normalized spacial score (nSPS) is 21.8. The molecule has 0 aliphatic carbocycles. The van der Waals surface area contributed by atoms with Gasteiger partial charge in [0.25, 0.3) is 23.6 Å². The molecule has 18 nitrogen and oxygen atoms in total. The van der Waals surface area contributed by atoms with Gasteiger partial charge in [-0.05, 0) is 37.8 Å². The second kappa shape index (κ2) is 17.3. The lowest BCUT2D eigenvalue weighted by molar-refractivity contribution is -0.201. The van der Waals surface area contributed by atoms with Crippen LogP contribution in [-0.4, -0.2) is 148 Å². The molecule has 6 amide bonds. The van der Waals surface area contributed by atoms with Gasteiger partial charge in [-0.1, -0.05) is 6.07 Å². The summed E-state index contributed by atoms with van der Waals surface area (Å²) in [5, 5.41) is 1.11. The highest BCUT2D eigenvalue weighted by molar-refractivity contribution is 6.02. The molecular weight excluding hydrogens is 694 g/mol. The van der Waals surface area contributed by atoms with Crippen molar-refractivity contribution in [2.24, 2.45) is 11.8 Å². The van der Waals surface area contributed by atoms with E-state index in [-0.39, 0.29) is 50.6 Å². The molecule has 0 N–H and O–H groups in total. The van der Waals surface area contributed by atoms with Crippen LogP contribution in [0.4, 0.5) is 0 Å². The maximum atomic E-state index is 13.3. The number of rotatable bonds is 8. The van der Waals surface area contributed by atoms with Crippen LogP contribution in [0, 0.1) is 11.8 Å². The number of amides is 6. The van der Waals surface area contributed by atoms with Crippen LogP contribution in [0.2, 0.25) is 0 Å². The van der Waals surface area contributed by atoms with E-state index in [9.17, 15) is 38.4 Å². The van der Waals surface area contributed by atoms with Gasteiger partial charge in [-0.3, -0.25) is 43.6 Å². The van der Waals surface area contributed by atoms with E-state index >= 15 is 0 Å². The van der Waals surface area contributed by atoms with E-state index in [1.165, 1.54) is 0 Å². The van der Waals surface area contributed by atoms with Crippen LogP contribution in [0.5, 0.6) is 0 Å². The molecule has 6 rings (SSSR count). The fourth-order valence-corrected chi connectivity index (χ4v) is 7.04. The molecule has 18 heteroatoms. The SMILES string of the molecule is O=C(ON1C(=O)CCC1=O)C1CCN(C(=O)CN2CCOCCN(CC(=O)N3CCC(C(=O)ON4C(=O)CCC4=O)CC3)Cc3cccc(n3)C2)CC1. The smallest absolute Gasteiger partial charge is 0.336 e. The van der Waals surface area contributed by atoms with Gasteiger partial charge in [0, 0.05) is 78.0 Å². The first-order valence-electron chi connectivity index (χ1n) is 18.2. The third kappa shape index (κ3) is 9.79. The molecule has 6 heterocycles. The summed E-state index contributed by atoms with van der Waals surface area (Å²) in [6.45, 7) is 4.10. The Balaban J connectivity index is 0.963. The average molecular weight is 740 g/mol. The van der Waals surface area contributed by atoms with Crippen molar-refractivity contribution in [2.45, 2.75) is 64.5 Å². The van der Waals surface area contributed by atoms with Crippen molar-refractivity contribution in [3.8, 4) is 0 Å². The van der Waals surface area contributed by atoms with Crippen LogP contribution < -0.4 is 0 Å². The Hall–Kier alpha value is -4.81. The number of fused-ring (bicyclic) bond motifs is 2. The van der Waals surface area contributed by atoms with Crippen molar-refractivity contribution >= 4 is 47.4 Å². The van der Waals surface area contributed by atoms with Gasteiger partial charge in [0.1, 0.15) is 0 Å². The highest BCUT2D eigenvalue weighted by atomic mass is 16.7. The summed E-state index contributed by atoms with van der Waals surface area (Å²) in [4.78, 5) is 121. The van der Waals surface area contributed by atoms with Crippen LogP contribution in [0.1, 0.15) is 62.8 Å². The summed E-state index contributed by atoms with van der Waals surface area (Å²) in [5.74, 6) is -4.56. The Kier molecular flexibility index (Phi) is 12.4. The Morgan fingerprint density at radius 2 is 0.981 bits per heavy atom. The molecule has 1 aromatic heterocycles. The first kappa shape index (κ1) is 37.9. The second-order valence-electron chi connectivity index (χ2n) is 13.9. The molecule has 53 heavy (non-hydrogen) atoms. The molecule has 2 bridgehead atoms. The molecular formula is C35H45N7O11. The van der Waals surface area contributed by atoms with Crippen LogP contribution >= 0.6 is 0 Å². The zero-order chi connectivity index (χ0) is 37.5. The van der Waals surface area contributed by atoms with Crippen molar-refractivity contribution in [2.75, 3.05) is 65.6 Å². The molecule has 0 radical (unpaired) electrons. The summed E-state index contributed by atoms with van der Waals surface area (Å²) < 4.78 is 5.95. The van der Waals surface area contributed by atoms with Gasteiger partial charge in [0.15, 0.2) is 0 Å². The summed E-state index contributed by atoms with van der Waals surface area (Å²) in [6.07, 6.45) is 1.58. The standard InChI is InChI=1S/C35H45N7O11/c43-28-4-5-29(44)41(28)52-34(49)24-8-12-39(13-9-24)32(47)22-37-16-18-51-19-17-38(21-27-3-1-2-26(20-37)36-27)23-33(48)40-14-10-25(11-15-40)35(50)53-42-30(45)6-7-31(42)46/h1-3,24-25H,4-23H2. The lowest BCUT2D eigenvalue weighted by Crippen LogP contribution is -2.47. The number of carbonyl (C=O) groups is 8. The van der Waals surface area contributed by atoms with Crippen molar-refractivity contribution in [3.05, 3.63) is 29.6 Å². The lowest BCUT2D eigenvalue weighted by atomic mass is 9.97. The number of likely N-dealkylation sites (tertiary alicyclic amines) is 2. The number of piperidine rings is 2. The molecule has 0 saturated carbocycles. The van der Waals surface area contributed by atoms with Gasteiger partial charge >= 0.3 is 11.9 Å². The minimum absolute atomic E-state index is 0.0290. The third-order valence-corrected chi connectivity index (χ3v) is 10.2. The molecule has 0 spiro atoms. The van der Waals surface area contributed by atoms with E-state index in [1.54, 1.807) is 9.80 Å². The zero-order valence-corrected chi connectivity index (χ0v) is 29.7. The minimum atomic E-state index is -0.632. The van der Waals surface area contributed by atoms with Crippen molar-refractivity contribution in [1.29, 1.82) is 0 Å². The number of hydrogen-bond donors (Lipinski definition) is 0. The Morgan fingerprint density at radius 3 is 1.36 bits per heavy atom. The first-order valence-corrected chi connectivity index (χ1v) is 18.2. The monoisotopic (exact) mass is 739 g/mol. The quantitative estimate of drug-likeness (QED) is 0.307. The van der Waals surface area contributed by atoms with E-state index < -0.39 is 47.4 Å². The van der Waals surface area contributed by atoms with Gasteiger partial charge in [-0.25, -0.2) is 9.59 Å². The van der Waals surface area contributed by atoms with Crippen LogP contribution in [0.3, 0.4) is 0 Å². The molecule has 5 aliphatic rings. The highest BCUT2D eigenvalue weighted by Gasteiger charge is 2.38. The van der Waals surface area contributed by atoms with E-state index in [0.29, 0.717) is 101 Å². The van der Waals surface area contributed by atoms with Crippen molar-refractivity contribution in [1.82, 2.24) is 34.7 Å². The van der Waals surface area contributed by atoms with Gasteiger partial charge in [-0.2, -0.15) is 0 Å². The number of hydroxylamine groups is 4. The topological polar surface area (TPSA) is 197 Å². The van der Waals surface area contributed by atoms with Gasteiger partial charge in [-0.15, -0.1) is 10.1 Å². The highest BCUT2D eigenvalue weighted by Crippen LogP contribution is 2.23. The van der Waals surface area contributed by atoms with E-state index in [4.69, 9.17) is 19.4 Å². The van der Waals surface area contributed by atoms with E-state index in [1.807, 2.05) is 28.0 Å². The number of carbonyl (C=O) groups excluding carboxylic acids is 8. The molecule has 5 aliphatic heterocycles. The van der Waals surface area contributed by atoms with E-state index in [2.05, 4.69) is 0 Å². The van der Waals surface area contributed by atoms with Crippen molar-refractivity contribution < 1.29 is 52.8 Å². The number of imide groups is 2. The van der Waals surface area contributed by atoms with Crippen LogP contribution in [0.25, 0.3) is 0 Å². The maximum absolute atomic E-state index is 13.3. The summed E-state index contributed by atoms with van der Waals surface area (Å²) in [7, 11) is 0. The number of aromatic nitrogens is 1. The van der Waals surface area contributed by atoms with Crippen LogP contribution in [0.15, 0.2) is 18.2 Å². The Labute approximate surface area is 306 Å². The summed E-state index contributed by atoms with van der Waals surface area (Å²) >= 11 is 0. The fraction of sp³-hybridized carbons (Fsp3) is 0.629. The molecule has 286 valence electrons. The van der Waals surface area contributed by atoms with Gasteiger partial charge in [0.2, 0.25) is 11.8 Å². The number of ether oxygens (including phenoxy) is 1. The molecule has 0 atom stereocenters. The third-order valence-electron chi connectivity index (χ3n) is 10.2. The average Bonchev–Trinajstić information content (AvgIpc) is 3.64. The Bertz CT molecular complexity index is 1460. The second-order valence-corrected chi connectivity index (χ2v) is 13.9. The van der Waals surface area contributed by atoms with Crippen LogP contribution in [-0.2, 0) is 65.9 Å². The van der Waals surface area contributed by atoms with Gasteiger partial charge < -0.3 is 24.2 Å². The molecule has 0 aromatic carbocycles. The Morgan fingerprint density at radius 1 is 0.604 bits per heavy atom. The number of nitrogens with zero attached hydrogens (tertiary/aromatic N) is 7. The molecule has 4 fully saturated rings. The maximum Gasteiger partial charge on any atom is 0.336 e.